The van der Waals surface area contributed by atoms with Gasteiger partial charge in [0.25, 0.3) is 0 Å². The predicted molar refractivity (Wildman–Crippen MR) is 192 cm³/mol. The molecule has 268 valence electrons. The van der Waals surface area contributed by atoms with Crippen molar-refractivity contribution in [3.8, 4) is 5.75 Å². The number of carbonyl (C=O) groups excluding carboxylic acids is 1. The zero-order chi connectivity index (χ0) is 34.5. The number of ether oxygens (including phenoxy) is 1. The smallest absolute Gasteiger partial charge is 0.404 e. The first-order chi connectivity index (χ1) is 23.3. The third-order valence-corrected chi connectivity index (χ3v) is 9.91. The van der Waals surface area contributed by atoms with Crippen LogP contribution < -0.4 is 21.3 Å². The third-order valence-electron chi connectivity index (χ3n) is 8.27. The van der Waals surface area contributed by atoms with Gasteiger partial charge in [-0.2, -0.15) is 0 Å². The summed E-state index contributed by atoms with van der Waals surface area (Å²) in [5, 5.41) is 2.97. The molecule has 1 amide bonds. The van der Waals surface area contributed by atoms with Gasteiger partial charge in [0.1, 0.15) is 17.6 Å². The number of rotatable bonds is 27. The quantitative estimate of drug-likeness (QED) is 0.0552. The highest BCUT2D eigenvalue weighted by atomic mass is 31.2. The van der Waals surface area contributed by atoms with E-state index >= 15 is 0 Å². The van der Waals surface area contributed by atoms with Gasteiger partial charge in [-0.25, -0.2) is 19.5 Å². The Labute approximate surface area is 286 Å². The summed E-state index contributed by atoms with van der Waals surface area (Å²) in [7, 11) is -3.58. The molecule has 2 atom stereocenters. The van der Waals surface area contributed by atoms with E-state index in [2.05, 4.69) is 27.2 Å². The number of nitrogens with two attached hydrogens (primary N) is 2. The predicted octanol–water partition coefficient (Wildman–Crippen LogP) is 7.16. The molecule has 0 aliphatic carbocycles. The molecule has 1 aromatic carbocycles. The maximum absolute atomic E-state index is 13.3. The Morgan fingerprint density at radius 3 is 2.15 bits per heavy atom. The minimum absolute atomic E-state index is 0.150. The molecule has 0 saturated heterocycles. The van der Waals surface area contributed by atoms with E-state index in [1.807, 2.05) is 12.1 Å². The van der Waals surface area contributed by atoms with Crippen LogP contribution in [0.15, 0.2) is 36.9 Å². The summed E-state index contributed by atoms with van der Waals surface area (Å²) < 4.78 is 32.0. The van der Waals surface area contributed by atoms with Crippen LogP contribution >= 0.6 is 7.60 Å². The van der Waals surface area contributed by atoms with Crippen molar-refractivity contribution in [2.75, 3.05) is 31.8 Å². The molecule has 3 aromatic rings. The van der Waals surface area contributed by atoms with Gasteiger partial charge in [-0.05, 0) is 37.5 Å². The number of fused-ring (bicyclic) bond motifs is 1. The molecule has 0 bridgehead atoms. The number of nitrogens with one attached hydrogen (secondary N) is 1. The lowest BCUT2D eigenvalue weighted by atomic mass is 10.0. The molecule has 0 aliphatic rings. The summed E-state index contributed by atoms with van der Waals surface area (Å²) in [6.45, 7) is 5.50. The van der Waals surface area contributed by atoms with E-state index < -0.39 is 13.6 Å². The zero-order valence-corrected chi connectivity index (χ0v) is 30.0. The van der Waals surface area contributed by atoms with Crippen LogP contribution in [0.4, 0.5) is 5.82 Å². The van der Waals surface area contributed by atoms with Crippen molar-refractivity contribution in [2.24, 2.45) is 5.73 Å². The van der Waals surface area contributed by atoms with Gasteiger partial charge in [0.2, 0.25) is 5.91 Å². The normalized spacial score (nSPS) is 13.4. The SMILES string of the molecule is CCCCCCCCCCCCCCCCNC(=O)[C@@H](N)Cc1ccc(OP(=O)(COCCn2cnc3c(N)ncnc32)OCC)cc1. The second-order valence-electron chi connectivity index (χ2n) is 12.4. The molecular formula is C35H58N7O5P. The fraction of sp³-hybridized carbons (Fsp3) is 0.657. The van der Waals surface area contributed by atoms with Gasteiger partial charge in [0.05, 0.1) is 25.6 Å². The Balaban J connectivity index is 1.27. The highest BCUT2D eigenvalue weighted by molar-refractivity contribution is 7.54. The van der Waals surface area contributed by atoms with Crippen LogP contribution in [0.25, 0.3) is 11.2 Å². The molecule has 48 heavy (non-hydrogen) atoms. The number of nitrogen functional groups attached to an aromatic ring is 1. The van der Waals surface area contributed by atoms with E-state index in [-0.39, 0.29) is 25.5 Å². The van der Waals surface area contributed by atoms with E-state index in [1.54, 1.807) is 30.0 Å². The highest BCUT2D eigenvalue weighted by Crippen LogP contribution is 2.48. The number of hydrogen-bond acceptors (Lipinski definition) is 10. The molecule has 1 unspecified atom stereocenters. The van der Waals surface area contributed by atoms with Crippen LogP contribution in [0.1, 0.15) is 109 Å². The minimum atomic E-state index is -3.58. The molecule has 5 N–H and O–H groups in total. The molecule has 13 heteroatoms. The van der Waals surface area contributed by atoms with E-state index in [0.29, 0.717) is 42.2 Å². The summed E-state index contributed by atoms with van der Waals surface area (Å²) >= 11 is 0. The number of aromatic nitrogens is 4. The van der Waals surface area contributed by atoms with Crippen LogP contribution in [0.3, 0.4) is 0 Å². The summed E-state index contributed by atoms with van der Waals surface area (Å²) in [4.78, 5) is 24.9. The van der Waals surface area contributed by atoms with E-state index in [0.717, 1.165) is 18.4 Å². The fourth-order valence-electron chi connectivity index (χ4n) is 5.54. The molecule has 0 aliphatic heterocycles. The van der Waals surface area contributed by atoms with Crippen LogP contribution in [0.2, 0.25) is 0 Å². The van der Waals surface area contributed by atoms with Gasteiger partial charge in [-0.15, -0.1) is 0 Å². The standard InChI is InChI=1S/C35H58N7O5P/c1-3-5-6-7-8-9-10-11-12-13-14-15-16-17-22-38-35(43)31(36)25-29-18-20-30(21-19-29)47-48(44,46-4-2)28-45-24-23-42-27-41-32-33(37)39-26-40-34(32)42/h18-21,26-27,31H,3-17,22-25,28,36H2,1-2H3,(H,38,43)(H2,37,39,40)/t31-,48?/m0/s1. The summed E-state index contributed by atoms with van der Waals surface area (Å²) in [5.41, 5.74) is 14.0. The summed E-state index contributed by atoms with van der Waals surface area (Å²) in [6.07, 6.45) is 21.4. The molecular weight excluding hydrogens is 629 g/mol. The average molecular weight is 688 g/mol. The maximum atomic E-state index is 13.3. The number of nitrogens with zero attached hydrogens (tertiary/aromatic N) is 4. The van der Waals surface area contributed by atoms with Crippen molar-refractivity contribution in [3.63, 3.8) is 0 Å². The largest absolute Gasteiger partial charge is 0.423 e. The minimum Gasteiger partial charge on any atom is -0.423 e. The van der Waals surface area contributed by atoms with Gasteiger partial charge in [-0.1, -0.05) is 103 Å². The molecule has 0 radical (unpaired) electrons. The van der Waals surface area contributed by atoms with Crippen molar-refractivity contribution in [3.05, 3.63) is 42.5 Å². The number of amides is 1. The highest BCUT2D eigenvalue weighted by Gasteiger charge is 2.26. The van der Waals surface area contributed by atoms with E-state index in [4.69, 9.17) is 25.3 Å². The third kappa shape index (κ3) is 14.6. The van der Waals surface area contributed by atoms with E-state index in [1.165, 1.54) is 83.4 Å². The molecule has 12 nitrogen and oxygen atoms in total. The Bertz CT molecular complexity index is 1370. The van der Waals surface area contributed by atoms with Crippen molar-refractivity contribution in [1.29, 1.82) is 0 Å². The van der Waals surface area contributed by atoms with Crippen molar-refractivity contribution < 1.29 is 23.1 Å². The lowest BCUT2D eigenvalue weighted by Gasteiger charge is -2.19. The van der Waals surface area contributed by atoms with Gasteiger partial charge < -0.3 is 30.6 Å². The maximum Gasteiger partial charge on any atom is 0.404 e. The Morgan fingerprint density at radius 2 is 1.52 bits per heavy atom. The van der Waals surface area contributed by atoms with Crippen LogP contribution in [0, 0.1) is 0 Å². The topological polar surface area (TPSA) is 169 Å². The Hall–Kier alpha value is -3.05. The second-order valence-corrected chi connectivity index (χ2v) is 14.3. The van der Waals surface area contributed by atoms with Gasteiger partial charge in [0, 0.05) is 13.1 Å². The van der Waals surface area contributed by atoms with Crippen LogP contribution in [0.5, 0.6) is 5.75 Å². The summed E-state index contributed by atoms with van der Waals surface area (Å²) in [6, 6.07) is 6.36. The number of unbranched alkanes of at least 4 members (excludes halogenated alkanes) is 13. The van der Waals surface area contributed by atoms with Crippen molar-refractivity contribution in [2.45, 2.75) is 123 Å². The zero-order valence-electron chi connectivity index (χ0n) is 29.1. The number of carbonyl (C=O) groups is 1. The van der Waals surface area contributed by atoms with E-state index in [9.17, 15) is 9.36 Å². The Kier molecular flexibility index (Phi) is 18.5. The number of imidazole rings is 1. The molecule has 3 rings (SSSR count). The monoisotopic (exact) mass is 687 g/mol. The first-order valence-electron chi connectivity index (χ1n) is 17.9. The molecule has 2 aromatic heterocycles. The fourth-order valence-corrected chi connectivity index (χ4v) is 6.91. The van der Waals surface area contributed by atoms with Crippen molar-refractivity contribution >= 4 is 30.5 Å². The van der Waals surface area contributed by atoms with Crippen LogP contribution in [-0.4, -0.2) is 57.6 Å². The lowest BCUT2D eigenvalue weighted by molar-refractivity contribution is -0.122. The number of hydrogen-bond donors (Lipinski definition) is 3. The Morgan fingerprint density at radius 1 is 0.896 bits per heavy atom. The van der Waals surface area contributed by atoms with Gasteiger partial charge in [-0.3, -0.25) is 9.32 Å². The average Bonchev–Trinajstić information content (AvgIpc) is 3.50. The molecule has 0 saturated carbocycles. The second kappa shape index (κ2) is 22.6. The van der Waals surface area contributed by atoms with Gasteiger partial charge >= 0.3 is 7.60 Å². The number of benzene rings is 1. The van der Waals surface area contributed by atoms with Crippen molar-refractivity contribution in [1.82, 2.24) is 24.8 Å². The van der Waals surface area contributed by atoms with Crippen LogP contribution in [-0.2, 0) is 31.6 Å². The molecule has 0 fully saturated rings. The molecule has 0 spiro atoms. The first kappa shape index (κ1) is 39.4. The first-order valence-corrected chi connectivity index (χ1v) is 19.6. The molecule has 2 heterocycles. The lowest BCUT2D eigenvalue weighted by Crippen LogP contribution is -2.42. The number of anilines is 1. The van der Waals surface area contributed by atoms with Gasteiger partial charge in [0.15, 0.2) is 17.8 Å². The summed E-state index contributed by atoms with van der Waals surface area (Å²) in [5.74, 6) is 0.533.